The Hall–Kier alpha value is -2.12. The Bertz CT molecular complexity index is 799. The first kappa shape index (κ1) is 21.2. The molecule has 2 rings (SSSR count). The predicted molar refractivity (Wildman–Crippen MR) is 107 cm³/mol. The summed E-state index contributed by atoms with van der Waals surface area (Å²) in [5.41, 5.74) is 2.98. The number of aryl methyl sites for hydroxylation is 1. The van der Waals surface area contributed by atoms with Gasteiger partial charge in [-0.1, -0.05) is 35.0 Å². The van der Waals surface area contributed by atoms with Crippen molar-refractivity contribution in [1.82, 2.24) is 10.3 Å². The molecule has 1 aromatic carbocycles. The van der Waals surface area contributed by atoms with Crippen LogP contribution in [0.25, 0.3) is 0 Å². The average molecular weight is 437 g/mol. The lowest BCUT2D eigenvalue weighted by Crippen LogP contribution is -2.29. The maximum atomic E-state index is 12.8. The fraction of sp³-hybridized carbons (Fsp3) is 0.400. The minimum absolute atomic E-state index is 0.120. The van der Waals surface area contributed by atoms with Crippen LogP contribution in [0, 0.1) is 13.8 Å². The number of halogens is 1. The number of methoxy groups -OCH3 is 1. The van der Waals surface area contributed by atoms with Crippen LogP contribution in [0.4, 0.5) is 0 Å². The fourth-order valence-corrected chi connectivity index (χ4v) is 3.18. The largest absolute Gasteiger partial charge is 0.460 e. The van der Waals surface area contributed by atoms with Gasteiger partial charge in [0.2, 0.25) is 0 Å². The molecule has 1 amide bonds. The van der Waals surface area contributed by atoms with Crippen molar-refractivity contribution in [3.8, 4) is 0 Å². The average Bonchev–Trinajstić information content (AvgIpc) is 2.95. The number of esters is 1. The predicted octanol–water partition coefficient (Wildman–Crippen LogP) is 4.08. The number of rotatable bonds is 8. The molecule has 1 heterocycles. The third-order valence-corrected chi connectivity index (χ3v) is 4.90. The van der Waals surface area contributed by atoms with E-state index in [0.29, 0.717) is 29.1 Å². The molecule has 0 aliphatic heterocycles. The van der Waals surface area contributed by atoms with Crippen LogP contribution in [0.2, 0.25) is 0 Å². The topological polar surface area (TPSA) is 80.4 Å². The lowest BCUT2D eigenvalue weighted by Gasteiger charge is -2.17. The van der Waals surface area contributed by atoms with Crippen LogP contribution in [0.15, 0.2) is 28.7 Å². The smallest absolute Gasteiger partial charge is 0.340 e. The SMILES string of the molecule is CCC(NC(=O)c1[nH]c(C)c(C(=O)OCCOC)c1C)c1ccc(Br)cc1. The van der Waals surface area contributed by atoms with Gasteiger partial charge in [-0.25, -0.2) is 4.79 Å². The Labute approximate surface area is 167 Å². The van der Waals surface area contributed by atoms with Gasteiger partial charge in [-0.15, -0.1) is 0 Å². The molecule has 2 N–H and O–H groups in total. The highest BCUT2D eigenvalue weighted by Crippen LogP contribution is 2.22. The van der Waals surface area contributed by atoms with Crippen LogP contribution in [-0.4, -0.2) is 37.2 Å². The van der Waals surface area contributed by atoms with E-state index in [4.69, 9.17) is 9.47 Å². The van der Waals surface area contributed by atoms with Crippen LogP contribution < -0.4 is 5.32 Å². The fourth-order valence-electron chi connectivity index (χ4n) is 2.92. The standard InChI is InChI=1S/C20H25BrN2O4/c1-5-16(14-6-8-15(21)9-7-14)23-19(24)18-12(2)17(13(3)22-18)20(25)27-11-10-26-4/h6-9,16,22H,5,10-11H2,1-4H3,(H,23,24). The van der Waals surface area contributed by atoms with E-state index in [1.807, 2.05) is 31.2 Å². The maximum absolute atomic E-state index is 12.8. The molecule has 2 aromatic rings. The number of carbonyl (C=O) groups excluding carboxylic acids is 2. The van der Waals surface area contributed by atoms with Crippen LogP contribution in [0.1, 0.15) is 57.1 Å². The van der Waals surface area contributed by atoms with E-state index in [9.17, 15) is 9.59 Å². The van der Waals surface area contributed by atoms with Gasteiger partial charge in [0.25, 0.3) is 5.91 Å². The Morgan fingerprint density at radius 1 is 1.19 bits per heavy atom. The minimum Gasteiger partial charge on any atom is -0.460 e. The van der Waals surface area contributed by atoms with E-state index >= 15 is 0 Å². The van der Waals surface area contributed by atoms with Crippen LogP contribution in [-0.2, 0) is 9.47 Å². The lowest BCUT2D eigenvalue weighted by molar-refractivity contribution is 0.0387. The molecule has 6 nitrogen and oxygen atoms in total. The first-order valence-electron chi connectivity index (χ1n) is 8.80. The molecule has 0 saturated carbocycles. The molecule has 0 bridgehead atoms. The molecule has 27 heavy (non-hydrogen) atoms. The van der Waals surface area contributed by atoms with Gasteiger partial charge in [0, 0.05) is 17.3 Å². The van der Waals surface area contributed by atoms with E-state index in [1.54, 1.807) is 21.0 Å². The highest BCUT2D eigenvalue weighted by atomic mass is 79.9. The zero-order chi connectivity index (χ0) is 20.0. The van der Waals surface area contributed by atoms with Crippen LogP contribution in [0.5, 0.6) is 0 Å². The molecule has 1 atom stereocenters. The van der Waals surface area contributed by atoms with Crippen molar-refractivity contribution in [2.75, 3.05) is 20.3 Å². The van der Waals surface area contributed by atoms with Crippen molar-refractivity contribution in [2.24, 2.45) is 0 Å². The first-order chi connectivity index (χ1) is 12.9. The van der Waals surface area contributed by atoms with Gasteiger partial charge in [0.05, 0.1) is 18.2 Å². The van der Waals surface area contributed by atoms with E-state index in [2.05, 4.69) is 26.2 Å². The second-order valence-electron chi connectivity index (χ2n) is 6.24. The van der Waals surface area contributed by atoms with E-state index in [1.165, 1.54) is 0 Å². The second kappa shape index (κ2) is 9.71. The highest BCUT2D eigenvalue weighted by molar-refractivity contribution is 9.10. The van der Waals surface area contributed by atoms with Gasteiger partial charge in [-0.3, -0.25) is 4.79 Å². The summed E-state index contributed by atoms with van der Waals surface area (Å²) in [7, 11) is 1.54. The third kappa shape index (κ3) is 5.20. The van der Waals surface area contributed by atoms with Crippen molar-refractivity contribution in [2.45, 2.75) is 33.2 Å². The molecule has 0 radical (unpaired) electrons. The Balaban J connectivity index is 2.17. The molecule has 0 spiro atoms. The van der Waals surface area contributed by atoms with Gasteiger partial charge in [-0.05, 0) is 43.5 Å². The zero-order valence-corrected chi connectivity index (χ0v) is 17.6. The summed E-state index contributed by atoms with van der Waals surface area (Å²) >= 11 is 3.42. The second-order valence-corrected chi connectivity index (χ2v) is 7.16. The molecule has 1 aromatic heterocycles. The number of aromatic amines is 1. The number of H-pyrrole nitrogens is 1. The molecule has 0 saturated heterocycles. The molecule has 146 valence electrons. The maximum Gasteiger partial charge on any atom is 0.340 e. The third-order valence-electron chi connectivity index (χ3n) is 4.38. The van der Waals surface area contributed by atoms with Gasteiger partial charge in [0.1, 0.15) is 12.3 Å². The van der Waals surface area contributed by atoms with Gasteiger partial charge >= 0.3 is 5.97 Å². The van der Waals surface area contributed by atoms with Crippen molar-refractivity contribution in [3.63, 3.8) is 0 Å². The van der Waals surface area contributed by atoms with Crippen LogP contribution in [0.3, 0.4) is 0 Å². The summed E-state index contributed by atoms with van der Waals surface area (Å²) in [5.74, 6) is -0.710. The van der Waals surface area contributed by atoms with Gasteiger partial charge < -0.3 is 19.8 Å². The number of carbonyl (C=O) groups is 2. The van der Waals surface area contributed by atoms with Crippen molar-refractivity contribution >= 4 is 27.8 Å². The van der Waals surface area contributed by atoms with Gasteiger partial charge in [0.15, 0.2) is 0 Å². The Morgan fingerprint density at radius 3 is 2.44 bits per heavy atom. The highest BCUT2D eigenvalue weighted by Gasteiger charge is 2.24. The van der Waals surface area contributed by atoms with E-state index < -0.39 is 5.97 Å². The molecular weight excluding hydrogens is 412 g/mol. The monoisotopic (exact) mass is 436 g/mol. The van der Waals surface area contributed by atoms with E-state index in [0.717, 1.165) is 16.5 Å². The summed E-state index contributed by atoms with van der Waals surface area (Å²) in [6, 6.07) is 7.73. The summed E-state index contributed by atoms with van der Waals surface area (Å²) in [5, 5.41) is 3.03. The molecule has 1 unspecified atom stereocenters. The quantitative estimate of drug-likeness (QED) is 0.482. The number of nitrogens with one attached hydrogen (secondary N) is 2. The summed E-state index contributed by atoms with van der Waals surface area (Å²) in [4.78, 5) is 28.1. The molecular formula is C20H25BrN2O4. The number of amides is 1. The first-order valence-corrected chi connectivity index (χ1v) is 9.59. The Kier molecular flexibility index (Phi) is 7.62. The van der Waals surface area contributed by atoms with E-state index in [-0.39, 0.29) is 18.6 Å². The molecule has 0 aliphatic rings. The van der Waals surface area contributed by atoms with Crippen LogP contribution >= 0.6 is 15.9 Å². The summed E-state index contributed by atoms with van der Waals surface area (Å²) in [6.45, 7) is 6.00. The molecule has 0 aliphatic carbocycles. The number of aromatic nitrogens is 1. The lowest BCUT2D eigenvalue weighted by atomic mass is 10.0. The van der Waals surface area contributed by atoms with Crippen molar-refractivity contribution < 1.29 is 19.1 Å². The van der Waals surface area contributed by atoms with Crippen molar-refractivity contribution in [1.29, 1.82) is 0 Å². The van der Waals surface area contributed by atoms with Crippen molar-refractivity contribution in [3.05, 3.63) is 56.8 Å². The number of hydrogen-bond donors (Lipinski definition) is 2. The summed E-state index contributed by atoms with van der Waals surface area (Å²) < 4.78 is 11.1. The molecule has 7 heteroatoms. The minimum atomic E-state index is -0.461. The molecule has 0 fully saturated rings. The van der Waals surface area contributed by atoms with Gasteiger partial charge in [-0.2, -0.15) is 0 Å². The Morgan fingerprint density at radius 2 is 1.85 bits per heavy atom. The number of benzene rings is 1. The number of ether oxygens (including phenoxy) is 2. The summed E-state index contributed by atoms with van der Waals surface area (Å²) in [6.07, 6.45) is 0.748. The number of hydrogen-bond acceptors (Lipinski definition) is 4. The normalized spacial score (nSPS) is 11.9. The zero-order valence-electron chi connectivity index (χ0n) is 16.0.